The first-order valence-corrected chi connectivity index (χ1v) is 5.63. The molecule has 4 N–H and O–H groups in total. The molecule has 1 rings (SSSR count). The summed E-state index contributed by atoms with van der Waals surface area (Å²) in [6, 6.07) is 0.317. The van der Waals surface area contributed by atoms with Crippen molar-refractivity contribution in [2.75, 3.05) is 7.05 Å². The Kier molecular flexibility index (Phi) is 5.07. The zero-order chi connectivity index (χ0) is 12.7. The molecule has 0 aromatic heterocycles. The number of rotatable bonds is 1. The molecule has 1 unspecified atom stereocenters. The molecule has 17 heavy (non-hydrogen) atoms. The molecule has 0 saturated carbocycles. The highest BCUT2D eigenvalue weighted by Gasteiger charge is 2.01. The summed E-state index contributed by atoms with van der Waals surface area (Å²) in [6.07, 6.45) is 12.0. The molecule has 1 aliphatic rings. The Bertz CT molecular complexity index is 400. The minimum absolute atomic E-state index is 0.317. The van der Waals surface area contributed by atoms with E-state index in [0.29, 0.717) is 11.9 Å². The molecule has 1 aliphatic heterocycles. The molecule has 0 aliphatic carbocycles. The second kappa shape index (κ2) is 6.58. The number of likely N-dealkylation sites (N-methyl/N-ethyl adjacent to an activating group) is 1. The maximum atomic E-state index is 5.33. The maximum Gasteiger partial charge on any atom is 0.152 e. The zero-order valence-corrected chi connectivity index (χ0v) is 10.6. The third-order valence-electron chi connectivity index (χ3n) is 2.39. The predicted molar refractivity (Wildman–Crippen MR) is 73.4 cm³/mol. The van der Waals surface area contributed by atoms with E-state index < -0.39 is 0 Å². The summed E-state index contributed by atoms with van der Waals surface area (Å²) in [7, 11) is 1.80. The Hall–Kier alpha value is -1.97. The van der Waals surface area contributed by atoms with Crippen molar-refractivity contribution in [3.05, 3.63) is 47.7 Å². The van der Waals surface area contributed by atoms with Crippen molar-refractivity contribution in [1.82, 2.24) is 10.6 Å². The van der Waals surface area contributed by atoms with Gasteiger partial charge in [-0.05, 0) is 26.0 Å². The van der Waals surface area contributed by atoms with Crippen molar-refractivity contribution >= 4 is 5.84 Å². The first-order chi connectivity index (χ1) is 8.17. The van der Waals surface area contributed by atoms with Crippen molar-refractivity contribution in [3.63, 3.8) is 0 Å². The predicted octanol–water partition coefficient (Wildman–Crippen LogP) is 1.41. The molecule has 0 bridgehead atoms. The molecule has 0 saturated heterocycles. The van der Waals surface area contributed by atoms with Crippen molar-refractivity contribution in [3.8, 4) is 0 Å². The quantitative estimate of drug-likeness (QED) is 0.277. The molecule has 0 amide bonds. The smallest absolute Gasteiger partial charge is 0.152 e. The molecule has 4 heteroatoms. The Morgan fingerprint density at radius 3 is 2.82 bits per heavy atom. The number of hydrogen-bond donors (Lipinski definition) is 3. The van der Waals surface area contributed by atoms with Gasteiger partial charge in [0.15, 0.2) is 5.84 Å². The third kappa shape index (κ3) is 4.18. The highest BCUT2D eigenvalue weighted by atomic mass is 15.2. The number of hydrazone groups is 1. The van der Waals surface area contributed by atoms with Crippen molar-refractivity contribution in [2.45, 2.75) is 19.9 Å². The molecular weight excluding hydrogens is 212 g/mol. The lowest BCUT2D eigenvalue weighted by atomic mass is 10.1. The van der Waals surface area contributed by atoms with Gasteiger partial charge < -0.3 is 16.5 Å². The fraction of sp³-hybridized carbons (Fsp3) is 0.308. The summed E-state index contributed by atoms with van der Waals surface area (Å²) in [5.41, 5.74) is 2.04. The molecule has 4 nitrogen and oxygen atoms in total. The lowest BCUT2D eigenvalue weighted by Gasteiger charge is -2.12. The highest BCUT2D eigenvalue weighted by Crippen LogP contribution is 2.04. The SMILES string of the molecule is CNC(=N\N)/C1=C/C=C(\C)NC(C)/C=C\C=C\1. The van der Waals surface area contributed by atoms with Crippen LogP contribution in [0, 0.1) is 0 Å². The molecule has 0 radical (unpaired) electrons. The van der Waals surface area contributed by atoms with Crippen molar-refractivity contribution in [1.29, 1.82) is 0 Å². The van der Waals surface area contributed by atoms with Gasteiger partial charge in [-0.1, -0.05) is 24.3 Å². The third-order valence-corrected chi connectivity index (χ3v) is 2.39. The molecule has 92 valence electrons. The van der Waals surface area contributed by atoms with E-state index in [-0.39, 0.29) is 0 Å². The largest absolute Gasteiger partial charge is 0.383 e. The van der Waals surface area contributed by atoms with E-state index in [1.54, 1.807) is 7.05 Å². The van der Waals surface area contributed by atoms with E-state index in [9.17, 15) is 0 Å². The van der Waals surface area contributed by atoms with Gasteiger partial charge in [-0.15, -0.1) is 0 Å². The van der Waals surface area contributed by atoms with Crippen LogP contribution in [0.3, 0.4) is 0 Å². The van der Waals surface area contributed by atoms with Gasteiger partial charge in [0.05, 0.1) is 0 Å². The normalized spacial score (nSPS) is 31.2. The number of nitrogens with two attached hydrogens (primary N) is 1. The van der Waals surface area contributed by atoms with E-state index in [4.69, 9.17) is 5.84 Å². The minimum atomic E-state index is 0.317. The van der Waals surface area contributed by atoms with E-state index in [1.807, 2.05) is 37.3 Å². The van der Waals surface area contributed by atoms with Crippen LogP contribution < -0.4 is 16.5 Å². The van der Waals surface area contributed by atoms with Crippen LogP contribution in [0.2, 0.25) is 0 Å². The van der Waals surface area contributed by atoms with Gasteiger partial charge in [0, 0.05) is 24.4 Å². The summed E-state index contributed by atoms with van der Waals surface area (Å²) in [6.45, 7) is 4.14. The topological polar surface area (TPSA) is 62.4 Å². The van der Waals surface area contributed by atoms with Crippen LogP contribution in [0.1, 0.15) is 13.8 Å². The second-order valence-electron chi connectivity index (χ2n) is 3.88. The lowest BCUT2D eigenvalue weighted by Crippen LogP contribution is -2.23. The van der Waals surface area contributed by atoms with Gasteiger partial charge in [-0.2, -0.15) is 5.10 Å². The van der Waals surface area contributed by atoms with Crippen LogP contribution in [0.15, 0.2) is 52.8 Å². The van der Waals surface area contributed by atoms with Crippen LogP contribution >= 0.6 is 0 Å². The molecule has 0 aromatic carbocycles. The monoisotopic (exact) mass is 232 g/mol. The summed E-state index contributed by atoms with van der Waals surface area (Å²) in [4.78, 5) is 0. The average Bonchev–Trinajstić information content (AvgIpc) is 2.31. The molecule has 1 heterocycles. The fourth-order valence-corrected chi connectivity index (χ4v) is 1.56. The minimum Gasteiger partial charge on any atom is -0.383 e. The summed E-state index contributed by atoms with van der Waals surface area (Å²) in [5.74, 6) is 5.99. The number of amidine groups is 1. The Labute approximate surface area is 103 Å². The summed E-state index contributed by atoms with van der Waals surface area (Å²) >= 11 is 0. The Morgan fingerprint density at radius 2 is 2.18 bits per heavy atom. The standard InChI is InChI=1S/C13H20N4/c1-10-6-4-5-7-12(13(15-3)17-14)9-8-11(2)16-10/h4-10,16H,14H2,1-3H3,(H,15,17)/b6-4-,7-5+,11-8+,12-9+. The van der Waals surface area contributed by atoms with Crippen LogP contribution in [-0.2, 0) is 0 Å². The highest BCUT2D eigenvalue weighted by molar-refractivity contribution is 6.00. The van der Waals surface area contributed by atoms with Crippen LogP contribution in [0.5, 0.6) is 0 Å². The van der Waals surface area contributed by atoms with E-state index in [0.717, 1.165) is 11.3 Å². The zero-order valence-electron chi connectivity index (χ0n) is 10.6. The number of nitrogens with one attached hydrogen (secondary N) is 2. The van der Waals surface area contributed by atoms with E-state index in [2.05, 4.69) is 28.7 Å². The van der Waals surface area contributed by atoms with Crippen LogP contribution in [-0.4, -0.2) is 18.9 Å². The van der Waals surface area contributed by atoms with Gasteiger partial charge in [0.25, 0.3) is 0 Å². The van der Waals surface area contributed by atoms with E-state index in [1.165, 1.54) is 0 Å². The molecule has 0 aromatic rings. The van der Waals surface area contributed by atoms with Crippen molar-refractivity contribution in [2.24, 2.45) is 10.9 Å². The van der Waals surface area contributed by atoms with Crippen LogP contribution in [0.4, 0.5) is 0 Å². The van der Waals surface area contributed by atoms with Gasteiger partial charge >= 0.3 is 0 Å². The Balaban J connectivity index is 3.04. The lowest BCUT2D eigenvalue weighted by molar-refractivity contribution is 0.728. The maximum absolute atomic E-state index is 5.33. The van der Waals surface area contributed by atoms with Gasteiger partial charge in [0.2, 0.25) is 0 Å². The molecule has 0 fully saturated rings. The van der Waals surface area contributed by atoms with Crippen LogP contribution in [0.25, 0.3) is 0 Å². The fourth-order valence-electron chi connectivity index (χ4n) is 1.56. The number of allylic oxidation sites excluding steroid dienone is 5. The second-order valence-corrected chi connectivity index (χ2v) is 3.88. The summed E-state index contributed by atoms with van der Waals surface area (Å²) in [5, 5.41) is 10.0. The van der Waals surface area contributed by atoms with Gasteiger partial charge in [-0.3, -0.25) is 0 Å². The first kappa shape index (κ1) is 13.1. The van der Waals surface area contributed by atoms with Gasteiger partial charge in [0.1, 0.15) is 0 Å². The van der Waals surface area contributed by atoms with Gasteiger partial charge in [-0.25, -0.2) is 0 Å². The number of hydrogen-bond acceptors (Lipinski definition) is 3. The Morgan fingerprint density at radius 1 is 1.41 bits per heavy atom. The summed E-state index contributed by atoms with van der Waals surface area (Å²) < 4.78 is 0. The van der Waals surface area contributed by atoms with E-state index >= 15 is 0 Å². The van der Waals surface area contributed by atoms with Crippen molar-refractivity contribution < 1.29 is 0 Å². The molecular formula is C13H20N4. The first-order valence-electron chi connectivity index (χ1n) is 5.63. The average molecular weight is 232 g/mol. The molecule has 0 spiro atoms. The number of nitrogens with zero attached hydrogens (tertiary/aromatic N) is 1. The molecule has 1 atom stereocenters.